The Bertz CT molecular complexity index is 219. The van der Waals surface area contributed by atoms with Gasteiger partial charge in [0.25, 0.3) is 6.43 Å². The van der Waals surface area contributed by atoms with E-state index in [4.69, 9.17) is 0 Å². The molecule has 0 heterocycles. The van der Waals surface area contributed by atoms with Gasteiger partial charge in [0, 0.05) is 0 Å². The standard InChI is InChI=1S/C8H13F2NO3/c1-4-14-7(12)8(2,3)5(11-13)6(9)10/h5-6H,4H2,1-3H3. The number of nitroso groups, excluding NO2 is 1. The molecule has 6 heteroatoms. The quantitative estimate of drug-likeness (QED) is 0.513. The van der Waals surface area contributed by atoms with Gasteiger partial charge >= 0.3 is 5.97 Å². The average Bonchev–Trinajstić information content (AvgIpc) is 2.04. The van der Waals surface area contributed by atoms with Crippen LogP contribution in [0.2, 0.25) is 0 Å². The van der Waals surface area contributed by atoms with E-state index in [0.717, 1.165) is 0 Å². The van der Waals surface area contributed by atoms with E-state index in [1.807, 2.05) is 0 Å². The van der Waals surface area contributed by atoms with Gasteiger partial charge in [0.05, 0.1) is 12.0 Å². The predicted molar refractivity (Wildman–Crippen MR) is 46.0 cm³/mol. The van der Waals surface area contributed by atoms with Crippen molar-refractivity contribution in [3.8, 4) is 0 Å². The molecule has 82 valence electrons. The highest BCUT2D eigenvalue weighted by molar-refractivity contribution is 5.77. The molecule has 0 rings (SSSR count). The fourth-order valence-electron chi connectivity index (χ4n) is 0.931. The highest BCUT2D eigenvalue weighted by Crippen LogP contribution is 2.29. The fraction of sp³-hybridized carbons (Fsp3) is 0.875. The Hall–Kier alpha value is -1.07. The number of carbonyl (C=O) groups excluding carboxylic acids is 1. The maximum atomic E-state index is 12.3. The lowest BCUT2D eigenvalue weighted by Gasteiger charge is -2.25. The van der Waals surface area contributed by atoms with Crippen molar-refractivity contribution in [2.24, 2.45) is 10.6 Å². The molecule has 0 fully saturated rings. The molecule has 4 nitrogen and oxygen atoms in total. The molecule has 0 saturated carbocycles. The zero-order valence-corrected chi connectivity index (χ0v) is 8.29. The van der Waals surface area contributed by atoms with E-state index in [2.05, 4.69) is 9.91 Å². The Labute approximate surface area is 80.6 Å². The van der Waals surface area contributed by atoms with Gasteiger partial charge in [0.15, 0.2) is 6.04 Å². The summed E-state index contributed by atoms with van der Waals surface area (Å²) in [5.41, 5.74) is -1.59. The molecular formula is C8H13F2NO3. The molecule has 0 aromatic carbocycles. The molecule has 1 unspecified atom stereocenters. The highest BCUT2D eigenvalue weighted by atomic mass is 19.3. The van der Waals surface area contributed by atoms with Gasteiger partial charge in [-0.3, -0.25) is 4.79 Å². The minimum absolute atomic E-state index is 0.0804. The molecule has 0 aliphatic rings. The molecule has 0 bridgehead atoms. The molecular weight excluding hydrogens is 196 g/mol. The normalized spacial score (nSPS) is 13.9. The highest BCUT2D eigenvalue weighted by Gasteiger charge is 2.44. The summed E-state index contributed by atoms with van der Waals surface area (Å²) in [6, 6.07) is -1.87. The smallest absolute Gasteiger partial charge is 0.314 e. The van der Waals surface area contributed by atoms with Crippen LogP contribution in [-0.4, -0.2) is 25.0 Å². The second-order valence-corrected chi connectivity index (χ2v) is 3.33. The van der Waals surface area contributed by atoms with Crippen molar-refractivity contribution in [1.82, 2.24) is 0 Å². The molecule has 0 aliphatic heterocycles. The second kappa shape index (κ2) is 4.97. The zero-order valence-electron chi connectivity index (χ0n) is 8.29. The van der Waals surface area contributed by atoms with Crippen LogP contribution in [0, 0.1) is 10.3 Å². The van der Waals surface area contributed by atoms with Crippen molar-refractivity contribution < 1.29 is 18.3 Å². The first kappa shape index (κ1) is 12.9. The topological polar surface area (TPSA) is 55.7 Å². The second-order valence-electron chi connectivity index (χ2n) is 3.33. The van der Waals surface area contributed by atoms with Crippen molar-refractivity contribution in [3.63, 3.8) is 0 Å². The zero-order chi connectivity index (χ0) is 11.4. The predicted octanol–water partition coefficient (Wildman–Crippen LogP) is 1.98. The van der Waals surface area contributed by atoms with Crippen LogP contribution in [0.15, 0.2) is 5.18 Å². The first-order chi connectivity index (χ1) is 6.37. The molecule has 0 saturated heterocycles. The van der Waals surface area contributed by atoms with E-state index in [-0.39, 0.29) is 6.61 Å². The first-order valence-electron chi connectivity index (χ1n) is 4.15. The van der Waals surface area contributed by atoms with Crippen LogP contribution in [0.3, 0.4) is 0 Å². The van der Waals surface area contributed by atoms with Crippen LogP contribution in [0.5, 0.6) is 0 Å². The Morgan fingerprint density at radius 2 is 2.00 bits per heavy atom. The molecule has 0 aromatic rings. The van der Waals surface area contributed by atoms with Gasteiger partial charge in [0.1, 0.15) is 0 Å². The van der Waals surface area contributed by atoms with E-state index >= 15 is 0 Å². The monoisotopic (exact) mass is 209 g/mol. The number of alkyl halides is 2. The SMILES string of the molecule is CCOC(=O)C(C)(C)C(N=O)C(F)F. The number of hydrogen-bond donors (Lipinski definition) is 0. The molecule has 1 atom stereocenters. The summed E-state index contributed by atoms with van der Waals surface area (Å²) >= 11 is 0. The first-order valence-corrected chi connectivity index (χ1v) is 4.15. The molecule has 0 N–H and O–H groups in total. The minimum Gasteiger partial charge on any atom is -0.466 e. The van der Waals surface area contributed by atoms with Crippen LogP contribution in [0.1, 0.15) is 20.8 Å². The van der Waals surface area contributed by atoms with Gasteiger partial charge in [-0.05, 0) is 20.8 Å². The van der Waals surface area contributed by atoms with Crippen LogP contribution >= 0.6 is 0 Å². The number of halogens is 2. The Morgan fingerprint density at radius 3 is 2.29 bits per heavy atom. The number of ether oxygens (including phenoxy) is 1. The Balaban J connectivity index is 4.71. The molecule has 0 radical (unpaired) electrons. The van der Waals surface area contributed by atoms with E-state index < -0.39 is 23.9 Å². The minimum atomic E-state index is -2.97. The third-order valence-electron chi connectivity index (χ3n) is 1.89. The summed E-state index contributed by atoms with van der Waals surface area (Å²) in [6.07, 6.45) is -2.97. The molecule has 0 aromatic heterocycles. The summed E-state index contributed by atoms with van der Waals surface area (Å²) in [5, 5.41) is 2.26. The van der Waals surface area contributed by atoms with Crippen molar-refractivity contribution in [1.29, 1.82) is 0 Å². The van der Waals surface area contributed by atoms with Crippen molar-refractivity contribution in [2.75, 3.05) is 6.61 Å². The number of rotatable bonds is 5. The molecule has 0 spiro atoms. The summed E-state index contributed by atoms with van der Waals surface area (Å²) in [5.74, 6) is -0.843. The molecule has 0 aliphatic carbocycles. The van der Waals surface area contributed by atoms with E-state index in [1.165, 1.54) is 13.8 Å². The van der Waals surface area contributed by atoms with Crippen molar-refractivity contribution in [3.05, 3.63) is 4.91 Å². The van der Waals surface area contributed by atoms with Crippen LogP contribution in [0.25, 0.3) is 0 Å². The van der Waals surface area contributed by atoms with E-state index in [0.29, 0.717) is 0 Å². The van der Waals surface area contributed by atoms with Crippen molar-refractivity contribution >= 4 is 5.97 Å². The van der Waals surface area contributed by atoms with Crippen LogP contribution in [0.4, 0.5) is 8.78 Å². The van der Waals surface area contributed by atoms with Crippen molar-refractivity contribution in [2.45, 2.75) is 33.2 Å². The lowest BCUT2D eigenvalue weighted by molar-refractivity contribution is -0.157. The average molecular weight is 209 g/mol. The third-order valence-corrected chi connectivity index (χ3v) is 1.89. The maximum absolute atomic E-state index is 12.3. The number of nitrogens with zero attached hydrogens (tertiary/aromatic N) is 1. The van der Waals surface area contributed by atoms with Crippen LogP contribution in [-0.2, 0) is 9.53 Å². The van der Waals surface area contributed by atoms with Gasteiger partial charge in [-0.2, -0.15) is 4.91 Å². The molecule has 0 amide bonds. The van der Waals surface area contributed by atoms with E-state index in [9.17, 15) is 18.5 Å². The largest absolute Gasteiger partial charge is 0.466 e. The third kappa shape index (κ3) is 2.71. The summed E-state index contributed by atoms with van der Waals surface area (Å²) < 4.78 is 29.2. The fourth-order valence-corrected chi connectivity index (χ4v) is 0.931. The van der Waals surface area contributed by atoms with Gasteiger partial charge in [0.2, 0.25) is 0 Å². The Morgan fingerprint density at radius 1 is 1.50 bits per heavy atom. The number of hydrogen-bond acceptors (Lipinski definition) is 4. The van der Waals surface area contributed by atoms with Gasteiger partial charge < -0.3 is 4.74 Å². The summed E-state index contributed by atoms with van der Waals surface area (Å²) in [4.78, 5) is 21.4. The lowest BCUT2D eigenvalue weighted by atomic mass is 9.85. The summed E-state index contributed by atoms with van der Waals surface area (Å²) in [6.45, 7) is 4.06. The Kier molecular flexibility index (Phi) is 4.59. The van der Waals surface area contributed by atoms with E-state index in [1.54, 1.807) is 6.92 Å². The van der Waals surface area contributed by atoms with Gasteiger partial charge in [-0.25, -0.2) is 8.78 Å². The lowest BCUT2D eigenvalue weighted by Crippen LogP contribution is -2.41. The van der Waals surface area contributed by atoms with Gasteiger partial charge in [-0.15, -0.1) is 0 Å². The maximum Gasteiger partial charge on any atom is 0.314 e. The van der Waals surface area contributed by atoms with Crippen LogP contribution < -0.4 is 0 Å². The number of esters is 1. The summed E-state index contributed by atoms with van der Waals surface area (Å²) in [7, 11) is 0. The van der Waals surface area contributed by atoms with Gasteiger partial charge in [-0.1, -0.05) is 5.18 Å². The molecule has 14 heavy (non-hydrogen) atoms. The number of carbonyl (C=O) groups is 1.